The molecular formula is C9H15N. The van der Waals surface area contributed by atoms with E-state index in [0.717, 1.165) is 6.42 Å². The van der Waals surface area contributed by atoms with Crippen LogP contribution in [0.4, 0.5) is 0 Å². The minimum atomic E-state index is 0.252. The number of nitrogens with two attached hydrogens (primary N) is 1. The lowest BCUT2D eigenvalue weighted by Gasteiger charge is -2.14. The van der Waals surface area contributed by atoms with Gasteiger partial charge < -0.3 is 5.73 Å². The van der Waals surface area contributed by atoms with Gasteiger partial charge in [-0.2, -0.15) is 0 Å². The largest absolute Gasteiger partial charge is 0.324 e. The fourth-order valence-electron chi connectivity index (χ4n) is 1.12. The molecule has 0 saturated carbocycles. The fourth-order valence-corrected chi connectivity index (χ4v) is 1.12. The van der Waals surface area contributed by atoms with Crippen molar-refractivity contribution in [3.05, 3.63) is 23.8 Å². The summed E-state index contributed by atoms with van der Waals surface area (Å²) in [6.07, 6.45) is 7.48. The molecule has 1 nitrogen and oxygen atoms in total. The summed E-state index contributed by atoms with van der Waals surface area (Å²) in [6.45, 7) is 4.38. The quantitative estimate of drug-likeness (QED) is 0.586. The maximum Gasteiger partial charge on any atom is 0.0264 e. The van der Waals surface area contributed by atoms with E-state index in [1.54, 1.807) is 0 Å². The van der Waals surface area contributed by atoms with Gasteiger partial charge in [0.2, 0.25) is 0 Å². The van der Waals surface area contributed by atoms with Crippen LogP contribution in [-0.2, 0) is 0 Å². The Morgan fingerprint density at radius 1 is 1.60 bits per heavy atom. The summed E-state index contributed by atoms with van der Waals surface area (Å²) in [5.41, 5.74) is 7.11. The molecule has 10 heavy (non-hydrogen) atoms. The van der Waals surface area contributed by atoms with E-state index in [-0.39, 0.29) is 6.04 Å². The summed E-state index contributed by atoms with van der Waals surface area (Å²) >= 11 is 0. The number of allylic oxidation sites excluding steroid dienone is 2. The lowest BCUT2D eigenvalue weighted by atomic mass is 9.95. The number of hydrogen-bond donors (Lipinski definition) is 1. The first-order chi connectivity index (χ1) is 4.70. The molecule has 0 bridgehead atoms. The maximum absolute atomic E-state index is 5.74. The molecule has 0 aliphatic heterocycles. The van der Waals surface area contributed by atoms with Gasteiger partial charge in [-0.1, -0.05) is 32.1 Å². The SMILES string of the molecule is CC(C)C1=CC(N)CC=C1. The highest BCUT2D eigenvalue weighted by Gasteiger charge is 2.06. The third-order valence-electron chi connectivity index (χ3n) is 1.79. The van der Waals surface area contributed by atoms with Crippen molar-refractivity contribution in [2.24, 2.45) is 11.7 Å². The second kappa shape index (κ2) is 3.02. The summed E-state index contributed by atoms with van der Waals surface area (Å²) in [7, 11) is 0. The first-order valence-electron chi connectivity index (χ1n) is 3.84. The van der Waals surface area contributed by atoms with Gasteiger partial charge in [-0.25, -0.2) is 0 Å². The molecule has 1 aliphatic carbocycles. The predicted octanol–water partition coefficient (Wildman–Crippen LogP) is 1.86. The van der Waals surface area contributed by atoms with Crippen LogP contribution < -0.4 is 5.73 Å². The Bertz CT molecular complexity index is 166. The Morgan fingerprint density at radius 3 is 2.70 bits per heavy atom. The molecule has 0 aromatic rings. The van der Waals surface area contributed by atoms with Crippen LogP contribution in [0.2, 0.25) is 0 Å². The zero-order valence-electron chi connectivity index (χ0n) is 6.67. The highest BCUT2D eigenvalue weighted by atomic mass is 14.6. The third-order valence-corrected chi connectivity index (χ3v) is 1.79. The van der Waals surface area contributed by atoms with Gasteiger partial charge >= 0.3 is 0 Å². The molecule has 1 heteroatoms. The molecule has 0 aromatic carbocycles. The fraction of sp³-hybridized carbons (Fsp3) is 0.556. The Kier molecular flexibility index (Phi) is 2.28. The van der Waals surface area contributed by atoms with Crippen LogP contribution in [0.5, 0.6) is 0 Å². The van der Waals surface area contributed by atoms with Gasteiger partial charge in [0.25, 0.3) is 0 Å². The maximum atomic E-state index is 5.74. The third kappa shape index (κ3) is 1.71. The molecule has 2 N–H and O–H groups in total. The second-order valence-corrected chi connectivity index (χ2v) is 3.12. The topological polar surface area (TPSA) is 26.0 Å². The molecule has 1 unspecified atom stereocenters. The first kappa shape index (κ1) is 7.55. The van der Waals surface area contributed by atoms with Gasteiger partial charge in [0.15, 0.2) is 0 Å². The van der Waals surface area contributed by atoms with Crippen LogP contribution in [0, 0.1) is 5.92 Å². The first-order valence-corrected chi connectivity index (χ1v) is 3.84. The average molecular weight is 137 g/mol. The molecule has 0 radical (unpaired) electrons. The van der Waals surface area contributed by atoms with E-state index in [2.05, 4.69) is 32.1 Å². The van der Waals surface area contributed by atoms with E-state index in [1.165, 1.54) is 5.57 Å². The highest BCUT2D eigenvalue weighted by Crippen LogP contribution is 2.16. The Labute approximate surface area is 62.6 Å². The van der Waals surface area contributed by atoms with Gasteiger partial charge in [0.1, 0.15) is 0 Å². The van der Waals surface area contributed by atoms with E-state index in [9.17, 15) is 0 Å². The van der Waals surface area contributed by atoms with Crippen molar-refractivity contribution in [1.82, 2.24) is 0 Å². The predicted molar refractivity (Wildman–Crippen MR) is 44.7 cm³/mol. The van der Waals surface area contributed by atoms with Crippen molar-refractivity contribution in [3.63, 3.8) is 0 Å². The van der Waals surface area contributed by atoms with Crippen molar-refractivity contribution in [2.75, 3.05) is 0 Å². The Hall–Kier alpha value is -0.560. The molecule has 0 aromatic heterocycles. The molecule has 1 atom stereocenters. The highest BCUT2D eigenvalue weighted by molar-refractivity contribution is 5.26. The molecule has 0 spiro atoms. The van der Waals surface area contributed by atoms with Crippen LogP contribution in [0.15, 0.2) is 23.8 Å². The molecular weight excluding hydrogens is 122 g/mol. The van der Waals surface area contributed by atoms with Crippen LogP contribution in [-0.4, -0.2) is 6.04 Å². The molecule has 56 valence electrons. The van der Waals surface area contributed by atoms with Gasteiger partial charge in [0, 0.05) is 6.04 Å². The van der Waals surface area contributed by atoms with Crippen molar-refractivity contribution in [2.45, 2.75) is 26.3 Å². The van der Waals surface area contributed by atoms with Crippen LogP contribution in [0.1, 0.15) is 20.3 Å². The van der Waals surface area contributed by atoms with Crippen LogP contribution in [0.3, 0.4) is 0 Å². The second-order valence-electron chi connectivity index (χ2n) is 3.12. The molecule has 0 amide bonds. The smallest absolute Gasteiger partial charge is 0.0264 e. The van der Waals surface area contributed by atoms with E-state index in [0.29, 0.717) is 5.92 Å². The molecule has 1 rings (SSSR count). The van der Waals surface area contributed by atoms with Crippen molar-refractivity contribution in [1.29, 1.82) is 0 Å². The van der Waals surface area contributed by atoms with Crippen molar-refractivity contribution in [3.8, 4) is 0 Å². The normalized spacial score (nSPS) is 25.2. The van der Waals surface area contributed by atoms with E-state index < -0.39 is 0 Å². The van der Waals surface area contributed by atoms with E-state index >= 15 is 0 Å². The van der Waals surface area contributed by atoms with Gasteiger partial charge in [-0.05, 0) is 17.9 Å². The lowest BCUT2D eigenvalue weighted by molar-refractivity contribution is 0.739. The molecule has 1 aliphatic rings. The van der Waals surface area contributed by atoms with Crippen LogP contribution >= 0.6 is 0 Å². The minimum Gasteiger partial charge on any atom is -0.324 e. The Morgan fingerprint density at radius 2 is 2.30 bits per heavy atom. The Balaban J connectivity index is 2.66. The lowest BCUT2D eigenvalue weighted by Crippen LogP contribution is -2.19. The summed E-state index contributed by atoms with van der Waals surface area (Å²) in [4.78, 5) is 0. The summed E-state index contributed by atoms with van der Waals surface area (Å²) in [6, 6.07) is 0.252. The van der Waals surface area contributed by atoms with E-state index in [1.807, 2.05) is 0 Å². The number of hydrogen-bond acceptors (Lipinski definition) is 1. The van der Waals surface area contributed by atoms with Crippen molar-refractivity contribution >= 4 is 0 Å². The zero-order chi connectivity index (χ0) is 7.56. The summed E-state index contributed by atoms with van der Waals surface area (Å²) in [5.74, 6) is 0.614. The zero-order valence-corrected chi connectivity index (χ0v) is 6.67. The minimum absolute atomic E-state index is 0.252. The van der Waals surface area contributed by atoms with Gasteiger partial charge in [-0.3, -0.25) is 0 Å². The molecule has 0 fully saturated rings. The number of rotatable bonds is 1. The molecule has 0 saturated heterocycles. The van der Waals surface area contributed by atoms with Crippen molar-refractivity contribution < 1.29 is 0 Å². The average Bonchev–Trinajstić information content (AvgIpc) is 1.88. The monoisotopic (exact) mass is 137 g/mol. The van der Waals surface area contributed by atoms with E-state index in [4.69, 9.17) is 5.73 Å². The molecule has 0 heterocycles. The van der Waals surface area contributed by atoms with Gasteiger partial charge in [0.05, 0.1) is 0 Å². The standard InChI is InChI=1S/C9H15N/c1-7(2)8-4-3-5-9(10)6-8/h3-4,6-7,9H,5,10H2,1-2H3. The van der Waals surface area contributed by atoms with Gasteiger partial charge in [-0.15, -0.1) is 0 Å². The summed E-state index contributed by atoms with van der Waals surface area (Å²) < 4.78 is 0. The summed E-state index contributed by atoms with van der Waals surface area (Å²) in [5, 5.41) is 0. The van der Waals surface area contributed by atoms with Crippen LogP contribution in [0.25, 0.3) is 0 Å².